The van der Waals surface area contributed by atoms with Gasteiger partial charge in [-0.15, -0.1) is 5.10 Å². The Morgan fingerprint density at radius 1 is 1.18 bits per heavy atom. The zero-order chi connectivity index (χ0) is 26.6. The summed E-state index contributed by atoms with van der Waals surface area (Å²) in [5.41, 5.74) is 4.66. The summed E-state index contributed by atoms with van der Waals surface area (Å²) in [6, 6.07) is 13.1. The number of carbonyl (C=O) groups excluding carboxylic acids is 1. The van der Waals surface area contributed by atoms with Gasteiger partial charge in [0.25, 0.3) is 0 Å². The van der Waals surface area contributed by atoms with Crippen LogP contribution in [-0.2, 0) is 25.3 Å². The highest BCUT2D eigenvalue weighted by Gasteiger charge is 2.74. The van der Waals surface area contributed by atoms with E-state index < -0.39 is 0 Å². The molecule has 6 aliphatic rings. The predicted molar refractivity (Wildman–Crippen MR) is 147 cm³/mol. The first kappa shape index (κ1) is 23.9. The Balaban J connectivity index is 0.981. The number of hydrogen-bond acceptors (Lipinski definition) is 7. The fourth-order valence-electron chi connectivity index (χ4n) is 8.10. The Labute approximate surface area is 229 Å². The normalized spacial score (nSPS) is 34.3. The minimum Gasteiger partial charge on any atom is -0.466 e. The number of anilines is 1. The average Bonchev–Trinajstić information content (AvgIpc) is 3.27. The van der Waals surface area contributed by atoms with Gasteiger partial charge in [0.05, 0.1) is 36.6 Å². The number of likely N-dealkylation sites (tertiary alicyclic amines) is 1. The molecule has 2 aliphatic carbocycles. The standard InChI is InChI=1S/C31H37N5O3/c1-4-38-26(37)24-13-29(24)18-35(19-29)30-15-31(16-30,39-20-30)27-32-25-21(2)12-23(14-36(25)33-27)34-11-10-28(3,17-34)22-8-6-5-7-9-22/h5-9,12,14,24H,4,10-11,13,15-20H2,1-3H3/t24?,28-,30?,31?/m0/s1. The summed E-state index contributed by atoms with van der Waals surface area (Å²) in [6.07, 6.45) is 6.12. The minimum absolute atomic E-state index is 0.0115. The van der Waals surface area contributed by atoms with Crippen LogP contribution < -0.4 is 4.90 Å². The summed E-state index contributed by atoms with van der Waals surface area (Å²) in [4.78, 5) is 22.2. The van der Waals surface area contributed by atoms with Crippen LogP contribution in [0.2, 0.25) is 0 Å². The van der Waals surface area contributed by atoms with Gasteiger partial charge in [0.2, 0.25) is 0 Å². The van der Waals surface area contributed by atoms with Crippen molar-refractivity contribution in [1.29, 1.82) is 0 Å². The molecule has 8 nitrogen and oxygen atoms in total. The third-order valence-corrected chi connectivity index (χ3v) is 10.6. The summed E-state index contributed by atoms with van der Waals surface area (Å²) in [7, 11) is 0. The van der Waals surface area contributed by atoms with Crippen LogP contribution in [0.3, 0.4) is 0 Å². The second-order valence-corrected chi connectivity index (χ2v) is 13.3. The van der Waals surface area contributed by atoms with Gasteiger partial charge in [0.15, 0.2) is 11.5 Å². The van der Waals surface area contributed by atoms with E-state index >= 15 is 0 Å². The van der Waals surface area contributed by atoms with E-state index in [0.29, 0.717) is 6.61 Å². The Hall–Kier alpha value is -2.97. The highest BCUT2D eigenvalue weighted by atomic mass is 16.5. The zero-order valence-corrected chi connectivity index (χ0v) is 23.2. The van der Waals surface area contributed by atoms with E-state index in [1.807, 2.05) is 11.4 Å². The molecule has 1 spiro atoms. The van der Waals surface area contributed by atoms with Gasteiger partial charge in [0, 0.05) is 49.9 Å². The van der Waals surface area contributed by atoms with Crippen molar-refractivity contribution in [2.24, 2.45) is 11.3 Å². The third-order valence-electron chi connectivity index (χ3n) is 10.6. The third kappa shape index (κ3) is 3.34. The number of ether oxygens (including phenoxy) is 2. The van der Waals surface area contributed by atoms with Crippen LogP contribution in [0.15, 0.2) is 42.6 Å². The monoisotopic (exact) mass is 527 g/mol. The van der Waals surface area contributed by atoms with Crippen molar-refractivity contribution >= 4 is 17.3 Å². The number of hydrogen-bond donors (Lipinski definition) is 0. The lowest BCUT2D eigenvalue weighted by molar-refractivity contribution is -0.149. The van der Waals surface area contributed by atoms with Crippen molar-refractivity contribution in [2.75, 3.05) is 44.3 Å². The maximum Gasteiger partial charge on any atom is 0.309 e. The quantitative estimate of drug-likeness (QED) is 0.451. The first-order valence-corrected chi connectivity index (χ1v) is 14.5. The van der Waals surface area contributed by atoms with Gasteiger partial charge in [-0.1, -0.05) is 37.3 Å². The topological polar surface area (TPSA) is 72.2 Å². The molecule has 8 heteroatoms. The summed E-state index contributed by atoms with van der Waals surface area (Å²) in [5.74, 6) is 0.899. The zero-order valence-electron chi connectivity index (χ0n) is 23.2. The number of benzene rings is 1. The molecule has 4 aliphatic heterocycles. The van der Waals surface area contributed by atoms with Gasteiger partial charge in [-0.05, 0) is 43.9 Å². The van der Waals surface area contributed by atoms with Gasteiger partial charge < -0.3 is 14.4 Å². The van der Waals surface area contributed by atoms with Crippen molar-refractivity contribution < 1.29 is 14.3 Å². The van der Waals surface area contributed by atoms with E-state index in [1.54, 1.807) is 0 Å². The molecule has 0 amide bonds. The largest absolute Gasteiger partial charge is 0.466 e. The molecule has 3 aromatic rings. The fourth-order valence-corrected chi connectivity index (χ4v) is 8.10. The van der Waals surface area contributed by atoms with Crippen molar-refractivity contribution in [2.45, 2.75) is 63.0 Å². The van der Waals surface area contributed by atoms with E-state index in [4.69, 9.17) is 19.6 Å². The molecule has 2 saturated carbocycles. The Bertz CT molecular complexity index is 1470. The molecular weight excluding hydrogens is 490 g/mol. The molecule has 2 aromatic heterocycles. The lowest BCUT2D eigenvalue weighted by atomic mass is 9.65. The molecule has 39 heavy (non-hydrogen) atoms. The number of esters is 1. The second-order valence-electron chi connectivity index (χ2n) is 13.3. The number of nitrogens with zero attached hydrogens (tertiary/aromatic N) is 5. The number of aryl methyl sites for hydroxylation is 1. The highest BCUT2D eigenvalue weighted by molar-refractivity contribution is 5.77. The molecule has 9 rings (SSSR count). The molecule has 0 N–H and O–H groups in total. The lowest BCUT2D eigenvalue weighted by Crippen LogP contribution is -2.67. The Kier molecular flexibility index (Phi) is 4.79. The molecule has 6 fully saturated rings. The molecule has 2 atom stereocenters. The van der Waals surface area contributed by atoms with Crippen molar-refractivity contribution in [3.8, 4) is 0 Å². The van der Waals surface area contributed by atoms with E-state index in [9.17, 15) is 4.79 Å². The molecule has 2 bridgehead atoms. The Morgan fingerprint density at radius 2 is 1.97 bits per heavy atom. The molecule has 0 radical (unpaired) electrons. The van der Waals surface area contributed by atoms with Crippen LogP contribution in [0.4, 0.5) is 5.69 Å². The van der Waals surface area contributed by atoms with Crippen molar-refractivity contribution in [3.05, 3.63) is 59.5 Å². The van der Waals surface area contributed by atoms with Crippen molar-refractivity contribution in [3.63, 3.8) is 0 Å². The van der Waals surface area contributed by atoms with E-state index in [1.165, 1.54) is 11.3 Å². The second kappa shape index (κ2) is 7.82. The Morgan fingerprint density at radius 3 is 2.74 bits per heavy atom. The van der Waals surface area contributed by atoms with Crippen LogP contribution in [0.5, 0.6) is 0 Å². The summed E-state index contributed by atoms with van der Waals surface area (Å²) in [6.45, 7) is 11.6. The van der Waals surface area contributed by atoms with Gasteiger partial charge in [-0.3, -0.25) is 9.69 Å². The number of aromatic nitrogens is 3. The molecule has 1 aromatic carbocycles. The van der Waals surface area contributed by atoms with E-state index in [0.717, 1.165) is 75.5 Å². The minimum atomic E-state index is -0.384. The van der Waals surface area contributed by atoms with Gasteiger partial charge in [0.1, 0.15) is 5.60 Å². The first-order valence-electron chi connectivity index (χ1n) is 14.5. The van der Waals surface area contributed by atoms with Gasteiger partial charge in [-0.2, -0.15) is 0 Å². The first-order chi connectivity index (χ1) is 18.8. The van der Waals surface area contributed by atoms with E-state index in [-0.39, 0.29) is 33.9 Å². The molecule has 6 heterocycles. The van der Waals surface area contributed by atoms with Gasteiger partial charge in [-0.25, -0.2) is 9.50 Å². The summed E-state index contributed by atoms with van der Waals surface area (Å²) < 4.78 is 13.7. The van der Waals surface area contributed by atoms with Crippen LogP contribution >= 0.6 is 0 Å². The fraction of sp³-hybridized carbons (Fsp3) is 0.581. The summed E-state index contributed by atoms with van der Waals surface area (Å²) in [5, 5.41) is 5.00. The number of pyridine rings is 1. The highest BCUT2D eigenvalue weighted by Crippen LogP contribution is 2.67. The maximum absolute atomic E-state index is 12.2. The predicted octanol–water partition coefficient (Wildman–Crippen LogP) is 3.85. The van der Waals surface area contributed by atoms with Crippen LogP contribution in [-0.4, -0.2) is 70.4 Å². The van der Waals surface area contributed by atoms with Gasteiger partial charge >= 0.3 is 5.97 Å². The lowest BCUT2D eigenvalue weighted by Gasteiger charge is -2.56. The SMILES string of the molecule is CCOC(=O)C1CC12CN(C13COC(c4nc5c(C)cc(N6CC[C@](C)(c7ccccc7)C6)cn5n4)(C1)C3)C2. The molecule has 4 saturated heterocycles. The van der Waals surface area contributed by atoms with Crippen LogP contribution in [0, 0.1) is 18.3 Å². The van der Waals surface area contributed by atoms with Crippen molar-refractivity contribution in [1.82, 2.24) is 19.5 Å². The number of fused-ring (bicyclic) bond motifs is 2. The van der Waals surface area contributed by atoms with Crippen LogP contribution in [0.1, 0.15) is 56.5 Å². The van der Waals surface area contributed by atoms with Crippen LogP contribution in [0.25, 0.3) is 5.65 Å². The maximum atomic E-state index is 12.2. The summed E-state index contributed by atoms with van der Waals surface area (Å²) >= 11 is 0. The number of rotatable bonds is 6. The molecule has 1 unspecified atom stereocenters. The average molecular weight is 528 g/mol. The number of carbonyl (C=O) groups is 1. The van der Waals surface area contributed by atoms with E-state index in [2.05, 4.69) is 66.2 Å². The molecule has 204 valence electrons. The molecular formula is C31H37N5O3. The smallest absolute Gasteiger partial charge is 0.309 e.